The van der Waals surface area contributed by atoms with Gasteiger partial charge in [-0.1, -0.05) is 17.7 Å². The molecule has 10 heteroatoms. The smallest absolute Gasteiger partial charge is 0.284 e. The fourth-order valence-corrected chi connectivity index (χ4v) is 3.61. The van der Waals surface area contributed by atoms with E-state index in [1.807, 2.05) is 26.0 Å². The van der Waals surface area contributed by atoms with Crippen LogP contribution in [0.5, 0.6) is 0 Å². The number of hydrazine groups is 1. The van der Waals surface area contributed by atoms with Gasteiger partial charge in [0.1, 0.15) is 5.39 Å². The summed E-state index contributed by atoms with van der Waals surface area (Å²) < 4.78 is 0. The lowest BCUT2D eigenvalue weighted by atomic mass is 9.92. The van der Waals surface area contributed by atoms with E-state index in [-0.39, 0.29) is 21.9 Å². The molecule has 0 bridgehead atoms. The molecule has 0 unspecified atom stereocenters. The first-order valence-corrected chi connectivity index (χ1v) is 8.82. The lowest BCUT2D eigenvalue weighted by molar-refractivity contribution is -0.390. The minimum atomic E-state index is -0.773. The van der Waals surface area contributed by atoms with Crippen LogP contribution < -0.4 is 5.43 Å². The third kappa shape index (κ3) is 2.73. The predicted molar refractivity (Wildman–Crippen MR) is 107 cm³/mol. The number of rotatable bonds is 4. The van der Waals surface area contributed by atoms with Crippen molar-refractivity contribution in [2.24, 2.45) is 0 Å². The third-order valence-electron chi connectivity index (χ3n) is 4.99. The van der Waals surface area contributed by atoms with Crippen molar-refractivity contribution in [3.63, 3.8) is 0 Å². The Bertz CT molecular complexity index is 1230. The maximum Gasteiger partial charge on any atom is 0.284 e. The van der Waals surface area contributed by atoms with Gasteiger partial charge in [-0.25, -0.2) is 0 Å². The first-order chi connectivity index (χ1) is 14.2. The number of benzene rings is 3. The molecule has 0 spiro atoms. The number of nitro groups is 2. The van der Waals surface area contributed by atoms with Crippen molar-refractivity contribution in [3.8, 4) is 0 Å². The summed E-state index contributed by atoms with van der Waals surface area (Å²) in [6, 6.07) is 9.91. The number of aryl methyl sites for hydroxylation is 2. The molecule has 0 aliphatic carbocycles. The second-order valence-electron chi connectivity index (χ2n) is 6.90. The molecule has 1 heterocycles. The average Bonchev–Trinajstić information content (AvgIpc) is 2.69. The van der Waals surface area contributed by atoms with Crippen LogP contribution in [0.2, 0.25) is 0 Å². The van der Waals surface area contributed by atoms with Gasteiger partial charge in [0.15, 0.2) is 0 Å². The van der Waals surface area contributed by atoms with E-state index in [0.717, 1.165) is 28.3 Å². The second kappa shape index (κ2) is 6.62. The van der Waals surface area contributed by atoms with E-state index >= 15 is 0 Å². The van der Waals surface area contributed by atoms with Gasteiger partial charge >= 0.3 is 0 Å². The third-order valence-corrected chi connectivity index (χ3v) is 4.99. The van der Waals surface area contributed by atoms with Crippen molar-refractivity contribution in [1.82, 2.24) is 5.01 Å². The normalized spacial score (nSPS) is 12.9. The zero-order chi connectivity index (χ0) is 21.7. The van der Waals surface area contributed by atoms with E-state index in [2.05, 4.69) is 5.43 Å². The molecule has 0 atom stereocenters. The summed E-state index contributed by atoms with van der Waals surface area (Å²) in [5.74, 6) is -1.51. The number of nitrogens with zero attached hydrogens (tertiary/aromatic N) is 3. The summed E-state index contributed by atoms with van der Waals surface area (Å²) in [6.07, 6.45) is 0. The number of hydrogen-bond donors (Lipinski definition) is 1. The summed E-state index contributed by atoms with van der Waals surface area (Å²) in [4.78, 5) is 47.5. The largest absolute Gasteiger partial charge is 0.288 e. The maximum atomic E-state index is 13.1. The molecule has 1 N–H and O–H groups in total. The predicted octanol–water partition coefficient (Wildman–Crippen LogP) is 3.90. The molecular formula is C20H14N4O6. The quantitative estimate of drug-likeness (QED) is 0.394. The van der Waals surface area contributed by atoms with Crippen molar-refractivity contribution >= 4 is 39.6 Å². The first kappa shape index (κ1) is 19.0. The van der Waals surface area contributed by atoms with Crippen LogP contribution >= 0.6 is 0 Å². The molecule has 3 aromatic rings. The van der Waals surface area contributed by atoms with Gasteiger partial charge in [0.05, 0.1) is 26.7 Å². The van der Waals surface area contributed by atoms with Crippen molar-refractivity contribution in [2.45, 2.75) is 13.8 Å². The van der Waals surface area contributed by atoms with Crippen molar-refractivity contribution < 1.29 is 19.4 Å². The number of nitro benzene ring substituents is 2. The van der Waals surface area contributed by atoms with Crippen molar-refractivity contribution in [1.29, 1.82) is 0 Å². The Labute approximate surface area is 169 Å². The highest BCUT2D eigenvalue weighted by molar-refractivity contribution is 6.28. The zero-order valence-corrected chi connectivity index (χ0v) is 15.8. The average molecular weight is 406 g/mol. The molecule has 0 fully saturated rings. The molecule has 0 aromatic heterocycles. The number of anilines is 1. The molecule has 0 saturated carbocycles. The highest BCUT2D eigenvalue weighted by Gasteiger charge is 2.38. The van der Waals surface area contributed by atoms with Gasteiger partial charge in [-0.2, -0.15) is 5.01 Å². The standard InChI is InChI=1S/C20H14N4O6/c1-10-3-6-14(11(2)9-10)21-22-19(25)12-4-7-15(23(27)28)18-16(24(29)30)8-5-13(17(12)18)20(22)26/h3-9,21H,1-2H3. The Morgan fingerprint density at radius 3 is 1.80 bits per heavy atom. The minimum absolute atomic E-state index is 0.0360. The van der Waals surface area contributed by atoms with Gasteiger partial charge in [-0.3, -0.25) is 35.2 Å². The second-order valence-corrected chi connectivity index (χ2v) is 6.90. The Morgan fingerprint density at radius 2 is 1.33 bits per heavy atom. The van der Waals surface area contributed by atoms with Crippen LogP contribution in [0.3, 0.4) is 0 Å². The summed E-state index contributed by atoms with van der Waals surface area (Å²) in [6.45, 7) is 3.72. The summed E-state index contributed by atoms with van der Waals surface area (Å²) in [5, 5.41) is 23.3. The molecule has 10 nitrogen and oxygen atoms in total. The van der Waals surface area contributed by atoms with Gasteiger partial charge in [0.2, 0.25) is 0 Å². The lowest BCUT2D eigenvalue weighted by Gasteiger charge is -2.28. The number of amides is 2. The Kier molecular flexibility index (Phi) is 4.19. The monoisotopic (exact) mass is 406 g/mol. The molecule has 3 aromatic carbocycles. The lowest BCUT2D eigenvalue weighted by Crippen LogP contribution is -2.44. The van der Waals surface area contributed by atoms with Crippen LogP contribution in [-0.2, 0) is 0 Å². The highest BCUT2D eigenvalue weighted by Crippen LogP contribution is 2.40. The van der Waals surface area contributed by atoms with E-state index in [9.17, 15) is 29.8 Å². The SMILES string of the molecule is Cc1ccc(NN2C(=O)c3ccc([N+](=O)[O-])c4c([N+](=O)[O-])ccc(c34)C2=O)c(C)c1. The molecule has 2 amide bonds. The fourth-order valence-electron chi connectivity index (χ4n) is 3.61. The van der Waals surface area contributed by atoms with Gasteiger partial charge in [-0.05, 0) is 37.6 Å². The Hall–Kier alpha value is -4.34. The van der Waals surface area contributed by atoms with Crippen molar-refractivity contribution in [2.75, 3.05) is 5.43 Å². The Balaban J connectivity index is 1.93. The molecule has 4 rings (SSSR count). The van der Waals surface area contributed by atoms with Gasteiger partial charge < -0.3 is 0 Å². The number of non-ortho nitro benzene ring substituents is 2. The van der Waals surface area contributed by atoms with E-state index in [4.69, 9.17) is 0 Å². The first-order valence-electron chi connectivity index (χ1n) is 8.82. The van der Waals surface area contributed by atoms with E-state index in [1.165, 1.54) is 12.1 Å². The van der Waals surface area contributed by atoms with Gasteiger partial charge in [0.25, 0.3) is 23.2 Å². The number of nitrogens with one attached hydrogen (secondary N) is 1. The van der Waals surface area contributed by atoms with Crippen LogP contribution in [-0.4, -0.2) is 26.7 Å². The van der Waals surface area contributed by atoms with E-state index in [0.29, 0.717) is 5.69 Å². The van der Waals surface area contributed by atoms with Crippen molar-refractivity contribution in [3.05, 3.63) is 84.9 Å². The molecule has 150 valence electrons. The zero-order valence-electron chi connectivity index (χ0n) is 15.8. The fraction of sp³-hybridized carbons (Fsp3) is 0.100. The summed E-state index contributed by atoms with van der Waals surface area (Å²) in [7, 11) is 0. The molecule has 1 aliphatic heterocycles. The van der Waals surface area contributed by atoms with Crippen LogP contribution in [0.25, 0.3) is 10.8 Å². The topological polar surface area (TPSA) is 136 Å². The highest BCUT2D eigenvalue weighted by atomic mass is 16.6. The summed E-state index contributed by atoms with van der Waals surface area (Å²) >= 11 is 0. The van der Waals surface area contributed by atoms with E-state index < -0.39 is 33.0 Å². The van der Waals surface area contributed by atoms with E-state index in [1.54, 1.807) is 6.07 Å². The Morgan fingerprint density at radius 1 is 0.800 bits per heavy atom. The van der Waals surface area contributed by atoms with Gasteiger partial charge in [-0.15, -0.1) is 0 Å². The summed E-state index contributed by atoms with van der Waals surface area (Å²) in [5.41, 5.74) is 3.98. The molecule has 0 saturated heterocycles. The molecule has 30 heavy (non-hydrogen) atoms. The molecule has 1 aliphatic rings. The molecular weight excluding hydrogens is 392 g/mol. The van der Waals surface area contributed by atoms with Crippen LogP contribution in [0.4, 0.5) is 17.1 Å². The number of imide groups is 1. The number of carbonyl (C=O) groups is 2. The maximum absolute atomic E-state index is 13.1. The van der Waals surface area contributed by atoms with Crippen LogP contribution in [0.1, 0.15) is 31.8 Å². The van der Waals surface area contributed by atoms with Gasteiger partial charge in [0, 0.05) is 17.5 Å². The number of carbonyl (C=O) groups excluding carboxylic acids is 2. The molecule has 0 radical (unpaired) electrons. The minimum Gasteiger partial charge on any atom is -0.288 e. The van der Waals surface area contributed by atoms with Crippen LogP contribution in [0, 0.1) is 34.1 Å². The van der Waals surface area contributed by atoms with Crippen LogP contribution in [0.15, 0.2) is 42.5 Å². The number of hydrogen-bond acceptors (Lipinski definition) is 7.